The van der Waals surface area contributed by atoms with Gasteiger partial charge in [-0.15, -0.1) is 0 Å². The Bertz CT molecular complexity index is 508. The molecule has 21 heavy (non-hydrogen) atoms. The number of carbonyl (C=O) groups excluding carboxylic acids is 1. The maximum atomic E-state index is 12.3. The minimum atomic E-state index is -4.69. The number of carboxylic acids is 1. The molecule has 10 heteroatoms. The van der Waals surface area contributed by atoms with Crippen molar-refractivity contribution in [3.05, 3.63) is 17.3 Å². The molecule has 2 amide bonds. The van der Waals surface area contributed by atoms with E-state index in [0.717, 1.165) is 0 Å². The molecule has 0 aromatic carbocycles. The maximum Gasteiger partial charge on any atom is 0.406 e. The van der Waals surface area contributed by atoms with E-state index in [9.17, 15) is 22.8 Å². The highest BCUT2D eigenvalue weighted by Crippen LogP contribution is 2.16. The van der Waals surface area contributed by atoms with Gasteiger partial charge >= 0.3 is 18.2 Å². The molecule has 0 fully saturated rings. The predicted octanol–water partition coefficient (Wildman–Crippen LogP) is 1.45. The van der Waals surface area contributed by atoms with Gasteiger partial charge in [-0.25, -0.2) is 9.78 Å². The van der Waals surface area contributed by atoms with Crippen molar-refractivity contribution in [1.29, 1.82) is 0 Å². The van der Waals surface area contributed by atoms with Gasteiger partial charge in [0.1, 0.15) is 18.8 Å². The van der Waals surface area contributed by atoms with E-state index in [4.69, 9.17) is 9.52 Å². The molecule has 0 atom stereocenters. The van der Waals surface area contributed by atoms with Crippen molar-refractivity contribution in [2.24, 2.45) is 0 Å². The fraction of sp³-hybridized carbons (Fsp3) is 0.545. The van der Waals surface area contributed by atoms with Crippen molar-refractivity contribution in [2.45, 2.75) is 26.6 Å². The molecule has 7 nitrogen and oxygen atoms in total. The smallest absolute Gasteiger partial charge is 0.406 e. The summed E-state index contributed by atoms with van der Waals surface area (Å²) in [5, 5.41) is 10.7. The van der Waals surface area contributed by atoms with Crippen molar-refractivity contribution < 1.29 is 32.3 Å². The van der Waals surface area contributed by atoms with Gasteiger partial charge in [0.15, 0.2) is 0 Å². The average molecular weight is 309 g/mol. The van der Waals surface area contributed by atoms with E-state index in [0.29, 0.717) is 11.5 Å². The lowest BCUT2D eigenvalue weighted by Crippen LogP contribution is -2.46. The third-order valence-corrected chi connectivity index (χ3v) is 2.45. The number of hydrogen-bond donors (Lipinski definition) is 2. The molecule has 0 spiro atoms. The molecule has 0 saturated carbocycles. The Morgan fingerprint density at radius 2 is 2.00 bits per heavy atom. The highest BCUT2D eigenvalue weighted by atomic mass is 19.4. The Morgan fingerprint density at radius 1 is 1.38 bits per heavy atom. The van der Waals surface area contributed by atoms with Crippen LogP contribution in [0, 0.1) is 13.8 Å². The first-order valence-corrected chi connectivity index (χ1v) is 5.82. The van der Waals surface area contributed by atoms with Crippen molar-refractivity contribution >= 4 is 12.0 Å². The third kappa shape index (κ3) is 5.71. The summed E-state index contributed by atoms with van der Waals surface area (Å²) in [6.07, 6.45) is -4.69. The number of carbonyl (C=O) groups is 2. The van der Waals surface area contributed by atoms with Crippen LogP contribution >= 0.6 is 0 Å². The van der Waals surface area contributed by atoms with E-state index in [1.807, 2.05) is 0 Å². The van der Waals surface area contributed by atoms with Crippen LogP contribution in [0.2, 0.25) is 0 Å². The molecule has 1 aromatic rings. The molecular weight excluding hydrogens is 295 g/mol. The van der Waals surface area contributed by atoms with Crippen LogP contribution in [0.25, 0.3) is 0 Å². The van der Waals surface area contributed by atoms with Gasteiger partial charge in [-0.1, -0.05) is 0 Å². The van der Waals surface area contributed by atoms with Gasteiger partial charge in [-0.05, 0) is 13.8 Å². The van der Waals surface area contributed by atoms with Gasteiger partial charge in [0.05, 0.1) is 12.2 Å². The number of amides is 2. The molecular formula is C11H14F3N3O4. The molecule has 1 aromatic heterocycles. The van der Waals surface area contributed by atoms with Crippen LogP contribution in [0.5, 0.6) is 0 Å². The molecule has 118 valence electrons. The topological polar surface area (TPSA) is 95.7 Å². The van der Waals surface area contributed by atoms with Crippen LogP contribution in [0.4, 0.5) is 18.0 Å². The van der Waals surface area contributed by atoms with Gasteiger partial charge in [-0.2, -0.15) is 13.2 Å². The first kappa shape index (κ1) is 16.8. The third-order valence-electron chi connectivity index (χ3n) is 2.45. The lowest BCUT2D eigenvalue weighted by molar-refractivity contribution is -0.148. The number of hydrogen-bond acceptors (Lipinski definition) is 4. The molecule has 0 unspecified atom stereocenters. The predicted molar refractivity (Wildman–Crippen MR) is 63.5 cm³/mol. The van der Waals surface area contributed by atoms with Crippen molar-refractivity contribution in [3.63, 3.8) is 0 Å². The summed E-state index contributed by atoms with van der Waals surface area (Å²) in [6.45, 7) is 0.365. The summed E-state index contributed by atoms with van der Waals surface area (Å²) < 4.78 is 42.0. The molecule has 0 radical (unpaired) electrons. The normalized spacial score (nSPS) is 11.3. The fourth-order valence-electron chi connectivity index (χ4n) is 1.46. The molecule has 0 bridgehead atoms. The largest absolute Gasteiger partial charge is 0.480 e. The first-order valence-electron chi connectivity index (χ1n) is 5.82. The minimum absolute atomic E-state index is 0.126. The summed E-state index contributed by atoms with van der Waals surface area (Å²) >= 11 is 0. The quantitative estimate of drug-likeness (QED) is 0.858. The number of oxazole rings is 1. The van der Waals surface area contributed by atoms with E-state index >= 15 is 0 Å². The zero-order valence-electron chi connectivity index (χ0n) is 11.3. The number of rotatable bonds is 5. The molecule has 0 saturated heterocycles. The Morgan fingerprint density at radius 3 is 2.43 bits per heavy atom. The van der Waals surface area contributed by atoms with Crippen molar-refractivity contribution in [2.75, 3.05) is 13.1 Å². The highest BCUT2D eigenvalue weighted by Gasteiger charge is 2.34. The Labute approximate surface area is 117 Å². The number of alkyl halides is 3. The van der Waals surface area contributed by atoms with Crippen LogP contribution < -0.4 is 5.32 Å². The number of carboxylic acid groups (broad SMARTS) is 1. The standard InChI is InChI=1S/C11H14F3N3O4/c1-6-7(2)21-8(16-6)3-15-10(20)17(4-9(18)19)5-11(12,13)14/h3-5H2,1-2H3,(H,15,20)(H,18,19). The van der Waals surface area contributed by atoms with Crippen LogP contribution in [0.15, 0.2) is 4.42 Å². The number of aryl methyl sites for hydroxylation is 2. The van der Waals surface area contributed by atoms with E-state index in [1.165, 1.54) is 0 Å². The second-order valence-corrected chi connectivity index (χ2v) is 4.27. The van der Waals surface area contributed by atoms with Gasteiger partial charge in [-0.3, -0.25) is 4.79 Å². The number of aliphatic carboxylic acids is 1. The van der Waals surface area contributed by atoms with Gasteiger partial charge in [0.25, 0.3) is 0 Å². The lowest BCUT2D eigenvalue weighted by atomic mass is 10.4. The van der Waals surface area contributed by atoms with Crippen LogP contribution in [0.1, 0.15) is 17.3 Å². The Balaban J connectivity index is 2.65. The van der Waals surface area contributed by atoms with Crippen LogP contribution in [-0.4, -0.2) is 46.3 Å². The molecule has 0 aliphatic heterocycles. The number of nitrogens with one attached hydrogen (secondary N) is 1. The lowest BCUT2D eigenvalue weighted by Gasteiger charge is -2.22. The number of nitrogens with zero attached hydrogens (tertiary/aromatic N) is 2. The van der Waals surface area contributed by atoms with E-state index in [-0.39, 0.29) is 17.3 Å². The molecule has 0 aliphatic carbocycles. The monoisotopic (exact) mass is 309 g/mol. The minimum Gasteiger partial charge on any atom is -0.480 e. The summed E-state index contributed by atoms with van der Waals surface area (Å²) in [5.74, 6) is -0.894. The highest BCUT2D eigenvalue weighted by molar-refractivity contribution is 5.80. The van der Waals surface area contributed by atoms with E-state index < -0.39 is 31.3 Å². The van der Waals surface area contributed by atoms with Crippen LogP contribution in [-0.2, 0) is 11.3 Å². The van der Waals surface area contributed by atoms with Crippen LogP contribution in [0.3, 0.4) is 0 Å². The molecule has 1 rings (SSSR count). The molecule has 1 heterocycles. The van der Waals surface area contributed by atoms with E-state index in [2.05, 4.69) is 10.3 Å². The average Bonchev–Trinajstić information content (AvgIpc) is 2.62. The second kappa shape index (κ2) is 6.46. The van der Waals surface area contributed by atoms with Crippen molar-refractivity contribution in [1.82, 2.24) is 15.2 Å². The second-order valence-electron chi connectivity index (χ2n) is 4.27. The SMILES string of the molecule is Cc1nc(CNC(=O)N(CC(=O)O)CC(F)(F)F)oc1C. The first-order chi connectivity index (χ1) is 9.58. The summed E-state index contributed by atoms with van der Waals surface area (Å²) in [7, 11) is 0. The van der Waals surface area contributed by atoms with E-state index in [1.54, 1.807) is 13.8 Å². The Hall–Kier alpha value is -2.26. The van der Waals surface area contributed by atoms with Gasteiger partial charge in [0.2, 0.25) is 5.89 Å². The number of halogens is 3. The number of urea groups is 1. The summed E-state index contributed by atoms with van der Waals surface area (Å²) in [4.78, 5) is 26.2. The molecule has 0 aliphatic rings. The maximum absolute atomic E-state index is 12.3. The zero-order chi connectivity index (χ0) is 16.2. The van der Waals surface area contributed by atoms with Crippen molar-refractivity contribution in [3.8, 4) is 0 Å². The number of aromatic nitrogens is 1. The summed E-state index contributed by atoms with van der Waals surface area (Å²) in [5.41, 5.74) is 0.594. The van der Waals surface area contributed by atoms with Gasteiger partial charge in [0, 0.05) is 0 Å². The summed E-state index contributed by atoms with van der Waals surface area (Å²) in [6, 6.07) is -1.16. The fourth-order valence-corrected chi connectivity index (χ4v) is 1.46. The zero-order valence-corrected chi connectivity index (χ0v) is 11.3. The molecule has 2 N–H and O–H groups in total. The Kier molecular flexibility index (Phi) is 5.17. The van der Waals surface area contributed by atoms with Gasteiger partial charge < -0.3 is 19.7 Å².